The second kappa shape index (κ2) is 8.03. The van der Waals surface area contributed by atoms with Crippen molar-refractivity contribution in [1.82, 2.24) is 19.3 Å². The SMILES string of the molecule is Nc1nc2c(F)cccc2c2nc(CC3CCN(CCc4ccccc4)CC3)cn12. The van der Waals surface area contributed by atoms with Crippen LogP contribution in [-0.2, 0) is 12.8 Å². The van der Waals surface area contributed by atoms with Gasteiger partial charge in [-0.2, -0.15) is 0 Å². The average Bonchev–Trinajstić information content (AvgIpc) is 3.20. The highest BCUT2D eigenvalue weighted by Gasteiger charge is 2.21. The molecule has 0 saturated carbocycles. The maximum Gasteiger partial charge on any atom is 0.206 e. The highest BCUT2D eigenvalue weighted by molar-refractivity contribution is 5.92. The molecule has 1 saturated heterocycles. The minimum atomic E-state index is -0.367. The molecule has 4 aromatic rings. The summed E-state index contributed by atoms with van der Waals surface area (Å²) in [7, 11) is 0. The third kappa shape index (κ3) is 3.75. The number of nitrogens with zero attached hydrogens (tertiary/aromatic N) is 4. The van der Waals surface area contributed by atoms with E-state index in [1.165, 1.54) is 24.5 Å². The molecule has 1 fully saturated rings. The van der Waals surface area contributed by atoms with Gasteiger partial charge in [-0.15, -0.1) is 0 Å². The van der Waals surface area contributed by atoms with Gasteiger partial charge in [0.2, 0.25) is 5.95 Å². The Morgan fingerprint density at radius 1 is 1.00 bits per heavy atom. The number of anilines is 1. The number of nitrogen functional groups attached to an aromatic ring is 1. The third-order valence-corrected chi connectivity index (χ3v) is 6.22. The molecule has 5 nitrogen and oxygen atoms in total. The first-order chi connectivity index (χ1) is 14.7. The number of aromatic nitrogens is 3. The third-order valence-electron chi connectivity index (χ3n) is 6.22. The van der Waals surface area contributed by atoms with Crippen LogP contribution in [0.15, 0.2) is 54.7 Å². The summed E-state index contributed by atoms with van der Waals surface area (Å²) in [5.41, 5.74) is 9.45. The summed E-state index contributed by atoms with van der Waals surface area (Å²) in [6.45, 7) is 3.37. The van der Waals surface area contributed by atoms with Crippen molar-refractivity contribution in [2.45, 2.75) is 25.7 Å². The number of halogens is 1. The summed E-state index contributed by atoms with van der Waals surface area (Å²) in [6.07, 6.45) is 6.33. The van der Waals surface area contributed by atoms with E-state index in [4.69, 9.17) is 10.7 Å². The number of likely N-dealkylation sites (tertiary alicyclic amines) is 1. The Bertz CT molecular complexity index is 1160. The van der Waals surface area contributed by atoms with E-state index in [2.05, 4.69) is 40.2 Å². The van der Waals surface area contributed by atoms with E-state index in [1.54, 1.807) is 10.5 Å². The van der Waals surface area contributed by atoms with E-state index in [-0.39, 0.29) is 17.3 Å². The summed E-state index contributed by atoms with van der Waals surface area (Å²) in [5.74, 6) is 0.520. The predicted molar refractivity (Wildman–Crippen MR) is 118 cm³/mol. The van der Waals surface area contributed by atoms with Gasteiger partial charge < -0.3 is 10.6 Å². The van der Waals surface area contributed by atoms with Crippen LogP contribution in [0, 0.1) is 11.7 Å². The fourth-order valence-corrected chi connectivity index (χ4v) is 4.51. The molecule has 2 aromatic carbocycles. The van der Waals surface area contributed by atoms with Crippen molar-refractivity contribution in [1.29, 1.82) is 0 Å². The Morgan fingerprint density at radius 3 is 2.60 bits per heavy atom. The zero-order valence-corrected chi connectivity index (χ0v) is 17.0. The molecule has 0 aliphatic carbocycles. The quantitative estimate of drug-likeness (QED) is 0.545. The molecular formula is C24H26FN5. The molecule has 6 heteroatoms. The van der Waals surface area contributed by atoms with Crippen LogP contribution < -0.4 is 5.73 Å². The van der Waals surface area contributed by atoms with Gasteiger partial charge in [-0.25, -0.2) is 14.4 Å². The number of para-hydroxylation sites is 1. The van der Waals surface area contributed by atoms with Crippen LogP contribution in [0.2, 0.25) is 0 Å². The minimum absolute atomic E-state index is 0.275. The number of fused-ring (bicyclic) bond motifs is 3. The molecule has 30 heavy (non-hydrogen) atoms. The molecule has 154 valence electrons. The molecule has 0 amide bonds. The zero-order valence-electron chi connectivity index (χ0n) is 17.0. The molecule has 2 N–H and O–H groups in total. The van der Waals surface area contributed by atoms with Crippen molar-refractivity contribution in [3.63, 3.8) is 0 Å². The molecule has 0 atom stereocenters. The highest BCUT2D eigenvalue weighted by Crippen LogP contribution is 2.26. The summed E-state index contributed by atoms with van der Waals surface area (Å²) >= 11 is 0. The highest BCUT2D eigenvalue weighted by atomic mass is 19.1. The first-order valence-electron chi connectivity index (χ1n) is 10.7. The minimum Gasteiger partial charge on any atom is -0.369 e. The fourth-order valence-electron chi connectivity index (χ4n) is 4.51. The lowest BCUT2D eigenvalue weighted by atomic mass is 9.92. The van der Waals surface area contributed by atoms with Crippen molar-refractivity contribution in [3.8, 4) is 0 Å². The Morgan fingerprint density at radius 2 is 1.80 bits per heavy atom. The molecule has 0 unspecified atom stereocenters. The molecule has 0 radical (unpaired) electrons. The molecule has 3 heterocycles. The Balaban J connectivity index is 1.25. The van der Waals surface area contributed by atoms with E-state index in [0.717, 1.165) is 38.2 Å². The molecule has 0 bridgehead atoms. The Kier molecular flexibility index (Phi) is 5.09. The first-order valence-corrected chi connectivity index (χ1v) is 10.7. The van der Waals surface area contributed by atoms with Crippen molar-refractivity contribution in [2.24, 2.45) is 5.92 Å². The Hall–Kier alpha value is -2.99. The van der Waals surface area contributed by atoms with Crippen molar-refractivity contribution in [2.75, 3.05) is 25.4 Å². The standard InChI is InChI=1S/C24H26FN5/c25-21-8-4-7-20-22(21)28-24(26)30-16-19(27-23(20)30)15-18-10-13-29(14-11-18)12-9-17-5-2-1-3-6-17/h1-8,16,18H,9-15H2,(H2,26,28). The summed E-state index contributed by atoms with van der Waals surface area (Å²) in [6, 6.07) is 15.6. The van der Waals surface area contributed by atoms with Crippen molar-refractivity contribution >= 4 is 22.5 Å². The summed E-state index contributed by atoms with van der Waals surface area (Å²) in [5, 5.41) is 0.700. The monoisotopic (exact) mass is 403 g/mol. The van der Waals surface area contributed by atoms with Gasteiger partial charge in [-0.1, -0.05) is 36.4 Å². The second-order valence-corrected chi connectivity index (χ2v) is 8.26. The lowest BCUT2D eigenvalue weighted by molar-refractivity contribution is 0.185. The number of hydrogen-bond acceptors (Lipinski definition) is 4. The van der Waals surface area contributed by atoms with Gasteiger partial charge >= 0.3 is 0 Å². The first kappa shape index (κ1) is 19.0. The second-order valence-electron chi connectivity index (χ2n) is 8.26. The van der Waals surface area contributed by atoms with Crippen molar-refractivity contribution in [3.05, 3.63) is 71.8 Å². The number of benzene rings is 2. The number of piperidine rings is 1. The fraction of sp³-hybridized carbons (Fsp3) is 0.333. The van der Waals surface area contributed by atoms with Gasteiger partial charge in [-0.3, -0.25) is 4.40 Å². The van der Waals surface area contributed by atoms with Gasteiger partial charge in [0.05, 0.1) is 5.69 Å². The number of imidazole rings is 1. The van der Waals surface area contributed by atoms with Gasteiger partial charge in [0.25, 0.3) is 0 Å². The molecule has 1 aliphatic rings. The van der Waals surface area contributed by atoms with E-state index in [1.807, 2.05) is 12.3 Å². The van der Waals surface area contributed by atoms with Crippen LogP contribution in [0.25, 0.3) is 16.6 Å². The van der Waals surface area contributed by atoms with Gasteiger partial charge in [0.1, 0.15) is 17.0 Å². The maximum atomic E-state index is 14.1. The summed E-state index contributed by atoms with van der Waals surface area (Å²) in [4.78, 5) is 11.6. The number of rotatable bonds is 5. The van der Waals surface area contributed by atoms with Gasteiger partial charge in [0.15, 0.2) is 0 Å². The van der Waals surface area contributed by atoms with Crippen LogP contribution in [0.1, 0.15) is 24.1 Å². The Labute approximate surface area is 175 Å². The number of hydrogen-bond donors (Lipinski definition) is 1. The molecule has 0 spiro atoms. The van der Waals surface area contributed by atoms with Crippen LogP contribution in [-0.4, -0.2) is 38.9 Å². The predicted octanol–water partition coefficient (Wildman–Crippen LogP) is 4.10. The topological polar surface area (TPSA) is 59.5 Å². The lowest BCUT2D eigenvalue weighted by Gasteiger charge is -2.31. The van der Waals surface area contributed by atoms with Gasteiger partial charge in [0, 0.05) is 18.1 Å². The van der Waals surface area contributed by atoms with E-state index < -0.39 is 0 Å². The van der Waals surface area contributed by atoms with Crippen LogP contribution >= 0.6 is 0 Å². The normalized spacial score (nSPS) is 15.9. The van der Waals surface area contributed by atoms with E-state index in [0.29, 0.717) is 17.0 Å². The van der Waals surface area contributed by atoms with E-state index >= 15 is 0 Å². The molecular weight excluding hydrogens is 377 g/mol. The maximum absolute atomic E-state index is 14.1. The van der Waals surface area contributed by atoms with Gasteiger partial charge in [-0.05, 0) is 62.4 Å². The van der Waals surface area contributed by atoms with Crippen LogP contribution in [0.3, 0.4) is 0 Å². The van der Waals surface area contributed by atoms with Crippen LogP contribution in [0.4, 0.5) is 10.3 Å². The van der Waals surface area contributed by atoms with Crippen LogP contribution in [0.5, 0.6) is 0 Å². The lowest BCUT2D eigenvalue weighted by Crippen LogP contribution is -2.35. The largest absolute Gasteiger partial charge is 0.369 e. The molecule has 5 rings (SSSR count). The zero-order chi connectivity index (χ0) is 20.5. The van der Waals surface area contributed by atoms with E-state index in [9.17, 15) is 4.39 Å². The van der Waals surface area contributed by atoms with Crippen molar-refractivity contribution < 1.29 is 4.39 Å². The number of nitrogens with two attached hydrogens (primary N) is 1. The molecule has 2 aromatic heterocycles. The average molecular weight is 404 g/mol. The summed E-state index contributed by atoms with van der Waals surface area (Å²) < 4.78 is 15.9. The smallest absolute Gasteiger partial charge is 0.206 e. The molecule has 1 aliphatic heterocycles.